The summed E-state index contributed by atoms with van der Waals surface area (Å²) in [7, 11) is -9.31. The van der Waals surface area contributed by atoms with E-state index >= 15 is 0 Å². The summed E-state index contributed by atoms with van der Waals surface area (Å²) in [6, 6.07) is 8.33. The third-order valence-corrected chi connectivity index (χ3v) is 5.68. The van der Waals surface area contributed by atoms with Crippen LogP contribution in [0.25, 0.3) is 10.6 Å². The van der Waals surface area contributed by atoms with Gasteiger partial charge in [-0.25, -0.2) is 0 Å². The van der Waals surface area contributed by atoms with Gasteiger partial charge >= 0.3 is 0 Å². The van der Waals surface area contributed by atoms with Gasteiger partial charge < -0.3 is 10.4 Å². The highest BCUT2D eigenvalue weighted by Gasteiger charge is 2.20. The van der Waals surface area contributed by atoms with Crippen molar-refractivity contribution in [3.05, 3.63) is 58.8 Å². The zero-order valence-electron chi connectivity index (χ0n) is 12.6. The van der Waals surface area contributed by atoms with Crippen LogP contribution in [-0.4, -0.2) is 31.1 Å². The summed E-state index contributed by atoms with van der Waals surface area (Å²) in [5.74, 6) is 0. The van der Waals surface area contributed by atoms with Crippen LogP contribution in [0.5, 0.6) is 0 Å². The second kappa shape index (κ2) is 7.44. The molecule has 2 rings (SSSR count). The van der Waals surface area contributed by atoms with Crippen molar-refractivity contribution in [1.29, 1.82) is 0 Å². The lowest BCUT2D eigenvalue weighted by Crippen LogP contribution is -2.09. The van der Waals surface area contributed by atoms with E-state index in [9.17, 15) is 31.1 Å². The highest BCUT2D eigenvalue weighted by atomic mass is 79.9. The van der Waals surface area contributed by atoms with Gasteiger partial charge in [0.2, 0.25) is 0 Å². The lowest BCUT2D eigenvalue weighted by atomic mass is 10.1. The van der Waals surface area contributed by atoms with Crippen LogP contribution >= 0.6 is 15.9 Å². The van der Waals surface area contributed by atoms with E-state index in [4.69, 9.17) is 5.21 Å². The minimum absolute atomic E-state index is 0.0307. The Kier molecular flexibility index (Phi) is 5.87. The van der Waals surface area contributed by atoms with Crippen LogP contribution < -0.4 is 5.23 Å². The number of rotatable bonds is 5. The zero-order chi connectivity index (χ0) is 19.7. The third-order valence-electron chi connectivity index (χ3n) is 3.20. The summed E-state index contributed by atoms with van der Waals surface area (Å²) in [5, 5.41) is 19.2. The van der Waals surface area contributed by atoms with E-state index in [1.165, 1.54) is 24.3 Å². The number of hydrogen-bond acceptors (Lipinski definition) is 7. The van der Waals surface area contributed by atoms with E-state index < -0.39 is 40.9 Å². The largest absolute Gasteiger partial charge is 0.733 e. The molecule has 2 aromatic carbocycles. The van der Waals surface area contributed by atoms with Crippen LogP contribution in [0.2, 0.25) is 0 Å². The quantitative estimate of drug-likeness (QED) is 0.343. The molecule has 0 aliphatic carbocycles. The Morgan fingerprint density at radius 1 is 1.00 bits per heavy atom. The molecule has 0 bridgehead atoms. The van der Waals surface area contributed by atoms with E-state index in [1.54, 1.807) is 0 Å². The average molecular weight is 465 g/mol. The average Bonchev–Trinajstić information content (AvgIpc) is 2.52. The van der Waals surface area contributed by atoms with Gasteiger partial charge in [0, 0.05) is 10.0 Å². The van der Waals surface area contributed by atoms with Gasteiger partial charge in [-0.3, -0.25) is 14.3 Å². The van der Waals surface area contributed by atoms with Crippen molar-refractivity contribution in [3.63, 3.8) is 0 Å². The van der Waals surface area contributed by atoms with Gasteiger partial charge in [0.25, 0.3) is 20.2 Å². The maximum Gasteiger partial charge on any atom is 0.295 e. The molecule has 0 aliphatic heterocycles. The molecular weight excluding hydrogens is 454 g/mol. The first-order valence-electron chi connectivity index (χ1n) is 6.63. The SMILES string of the molecule is O=S(=O)(O)c1ccccc1C=C(Br)c1ccc(N([O-])O)cc1S(=O)(=O)O. The van der Waals surface area contributed by atoms with Crippen molar-refractivity contribution >= 4 is 52.4 Å². The van der Waals surface area contributed by atoms with Gasteiger partial charge in [0.15, 0.2) is 0 Å². The zero-order valence-corrected chi connectivity index (χ0v) is 15.9. The Bertz CT molecular complexity index is 1080. The molecule has 0 unspecified atom stereocenters. The van der Waals surface area contributed by atoms with E-state index in [2.05, 4.69) is 15.9 Å². The maximum atomic E-state index is 11.6. The molecule has 0 aromatic heterocycles. The Morgan fingerprint density at radius 3 is 2.12 bits per heavy atom. The van der Waals surface area contributed by atoms with Gasteiger partial charge in [-0.2, -0.15) is 16.8 Å². The summed E-state index contributed by atoms with van der Waals surface area (Å²) in [6.07, 6.45) is 1.21. The standard InChI is InChI=1S/C14H11BrNO8S2/c15-12(7-9-3-1-2-4-13(9)25(19,20)21)11-6-5-10(16(17)18)8-14(11)26(22,23)24/h1-8,17H,(H,19,20,21)(H,22,23,24)/q-1. The van der Waals surface area contributed by atoms with Gasteiger partial charge in [-0.1, -0.05) is 40.2 Å². The Hall–Kier alpha value is -1.80. The van der Waals surface area contributed by atoms with Gasteiger partial charge in [-0.15, -0.1) is 0 Å². The molecule has 0 atom stereocenters. The van der Waals surface area contributed by atoms with Gasteiger partial charge in [-0.05, 0) is 29.8 Å². The molecule has 0 radical (unpaired) electrons. The summed E-state index contributed by atoms with van der Waals surface area (Å²) in [6.45, 7) is 0. The third kappa shape index (κ3) is 4.67. The molecule has 3 N–H and O–H groups in total. The number of halogens is 1. The van der Waals surface area contributed by atoms with Gasteiger partial charge in [0.1, 0.15) is 9.79 Å². The molecule has 0 spiro atoms. The van der Waals surface area contributed by atoms with E-state index in [0.29, 0.717) is 0 Å². The molecule has 2 aromatic rings. The number of hydrogen-bond donors (Lipinski definition) is 3. The van der Waals surface area contributed by atoms with Crippen molar-refractivity contribution in [3.8, 4) is 0 Å². The highest BCUT2D eigenvalue weighted by molar-refractivity contribution is 9.15. The predicted molar refractivity (Wildman–Crippen MR) is 96.9 cm³/mol. The van der Waals surface area contributed by atoms with Crippen molar-refractivity contribution in [2.45, 2.75) is 9.79 Å². The van der Waals surface area contributed by atoms with Crippen LogP contribution in [-0.2, 0) is 20.2 Å². The summed E-state index contributed by atoms with van der Waals surface area (Å²) in [5.41, 5.74) is -0.511. The van der Waals surface area contributed by atoms with Gasteiger partial charge in [0.05, 0.1) is 5.69 Å². The first-order valence-corrected chi connectivity index (χ1v) is 10.3. The monoisotopic (exact) mass is 464 g/mol. The van der Waals surface area contributed by atoms with Crippen molar-refractivity contribution in [2.24, 2.45) is 0 Å². The molecule has 0 heterocycles. The van der Waals surface area contributed by atoms with Crippen LogP contribution in [0.15, 0.2) is 52.3 Å². The van der Waals surface area contributed by atoms with Crippen molar-refractivity contribution in [1.82, 2.24) is 0 Å². The van der Waals surface area contributed by atoms with Crippen molar-refractivity contribution < 1.29 is 31.1 Å². The Morgan fingerprint density at radius 2 is 1.58 bits per heavy atom. The molecule has 12 heteroatoms. The Balaban J connectivity index is 2.69. The number of benzene rings is 2. The topological polar surface area (TPSA) is 155 Å². The second-order valence-electron chi connectivity index (χ2n) is 4.93. The molecule has 26 heavy (non-hydrogen) atoms. The molecule has 0 saturated carbocycles. The van der Waals surface area contributed by atoms with Crippen LogP contribution in [0.4, 0.5) is 5.69 Å². The first kappa shape index (κ1) is 20.5. The summed E-state index contributed by atoms with van der Waals surface area (Å²) < 4.78 is 64.7. The van der Waals surface area contributed by atoms with Crippen LogP contribution in [0.3, 0.4) is 0 Å². The highest BCUT2D eigenvalue weighted by Crippen LogP contribution is 2.33. The molecule has 0 saturated heterocycles. The second-order valence-corrected chi connectivity index (χ2v) is 8.57. The fourth-order valence-electron chi connectivity index (χ4n) is 2.09. The molecule has 9 nitrogen and oxygen atoms in total. The minimum atomic E-state index is -4.78. The number of nitrogens with zero attached hydrogens (tertiary/aromatic N) is 1. The lowest BCUT2D eigenvalue weighted by molar-refractivity contribution is 0.296. The first-order chi connectivity index (χ1) is 11.9. The molecule has 140 valence electrons. The van der Waals surface area contributed by atoms with E-state index in [1.807, 2.05) is 0 Å². The normalized spacial score (nSPS) is 12.9. The molecule has 0 amide bonds. The number of anilines is 1. The summed E-state index contributed by atoms with van der Waals surface area (Å²) >= 11 is 3.08. The van der Waals surface area contributed by atoms with E-state index in [-0.39, 0.29) is 15.6 Å². The minimum Gasteiger partial charge on any atom is -0.733 e. The lowest BCUT2D eigenvalue weighted by Gasteiger charge is -2.22. The molecule has 0 aliphatic rings. The fourth-order valence-corrected chi connectivity index (χ4v) is 4.21. The molecular formula is C14H11BrNO8S2-. The van der Waals surface area contributed by atoms with Crippen LogP contribution in [0, 0.1) is 5.21 Å². The van der Waals surface area contributed by atoms with E-state index in [0.717, 1.165) is 24.3 Å². The smallest absolute Gasteiger partial charge is 0.295 e. The maximum absolute atomic E-state index is 11.6. The fraction of sp³-hybridized carbons (Fsp3) is 0. The Labute approximate surface area is 157 Å². The molecule has 0 fully saturated rings. The summed E-state index contributed by atoms with van der Waals surface area (Å²) in [4.78, 5) is -1.11. The van der Waals surface area contributed by atoms with Crippen molar-refractivity contribution in [2.75, 3.05) is 5.23 Å². The van der Waals surface area contributed by atoms with Crippen LogP contribution in [0.1, 0.15) is 11.1 Å². The predicted octanol–water partition coefficient (Wildman–Crippen LogP) is 2.77.